The fourth-order valence-corrected chi connectivity index (χ4v) is 3.64. The first kappa shape index (κ1) is 14.0. The molecule has 1 saturated heterocycles. The lowest BCUT2D eigenvalue weighted by Crippen LogP contribution is -2.39. The molecule has 4 nitrogen and oxygen atoms in total. The summed E-state index contributed by atoms with van der Waals surface area (Å²) in [4.78, 5) is 27.1. The highest BCUT2D eigenvalue weighted by atomic mass is 16.2. The molecule has 0 aliphatic carbocycles. The highest BCUT2D eigenvalue weighted by Gasteiger charge is 2.51. The molecule has 0 saturated carbocycles. The summed E-state index contributed by atoms with van der Waals surface area (Å²) in [6.07, 6.45) is 0.674. The molecule has 0 aromatic heterocycles. The number of carbonyl (C=O) groups is 2. The highest BCUT2D eigenvalue weighted by Crippen LogP contribution is 2.44. The van der Waals surface area contributed by atoms with Gasteiger partial charge in [-0.1, -0.05) is 35.9 Å². The predicted molar refractivity (Wildman–Crippen MR) is 88.4 cm³/mol. The Morgan fingerprint density at radius 2 is 1.87 bits per heavy atom. The molecule has 1 unspecified atom stereocenters. The van der Waals surface area contributed by atoms with Gasteiger partial charge in [0.2, 0.25) is 5.91 Å². The Balaban J connectivity index is 1.63. The van der Waals surface area contributed by atoms with E-state index in [0.29, 0.717) is 25.1 Å². The van der Waals surface area contributed by atoms with Gasteiger partial charge in [-0.15, -0.1) is 0 Å². The van der Waals surface area contributed by atoms with Gasteiger partial charge in [0.25, 0.3) is 5.91 Å². The molecule has 0 bridgehead atoms. The first-order chi connectivity index (χ1) is 11.1. The van der Waals surface area contributed by atoms with Crippen LogP contribution < -0.4 is 5.32 Å². The van der Waals surface area contributed by atoms with Crippen LogP contribution in [0.5, 0.6) is 0 Å². The second kappa shape index (κ2) is 4.95. The molecular weight excluding hydrogens is 288 g/mol. The van der Waals surface area contributed by atoms with Crippen LogP contribution in [0.4, 0.5) is 5.69 Å². The van der Waals surface area contributed by atoms with Crippen molar-refractivity contribution in [3.8, 4) is 0 Å². The number of rotatable bonds is 1. The number of benzene rings is 2. The van der Waals surface area contributed by atoms with E-state index in [1.54, 1.807) is 4.90 Å². The summed E-state index contributed by atoms with van der Waals surface area (Å²) < 4.78 is 0. The molecule has 1 fully saturated rings. The maximum absolute atomic E-state index is 12.7. The Kier molecular flexibility index (Phi) is 3.01. The molecule has 2 aliphatic rings. The maximum Gasteiger partial charge on any atom is 0.253 e. The number of nitrogens with one attached hydrogen (secondary N) is 1. The van der Waals surface area contributed by atoms with Gasteiger partial charge >= 0.3 is 0 Å². The maximum atomic E-state index is 12.7. The third-order valence-corrected chi connectivity index (χ3v) is 4.98. The molecule has 23 heavy (non-hydrogen) atoms. The summed E-state index contributed by atoms with van der Waals surface area (Å²) in [6.45, 7) is 3.05. The SMILES string of the molecule is Cc1ccc(C(=O)N2CCC3(C2)C(=O)Nc2ccccc23)cc1. The van der Waals surface area contributed by atoms with Gasteiger partial charge in [-0.05, 0) is 37.1 Å². The molecule has 1 atom stereocenters. The summed E-state index contributed by atoms with van der Waals surface area (Å²) in [5, 5.41) is 2.96. The molecule has 2 aromatic carbocycles. The van der Waals surface area contributed by atoms with Crippen molar-refractivity contribution in [3.05, 3.63) is 65.2 Å². The van der Waals surface area contributed by atoms with Gasteiger partial charge in [-0.2, -0.15) is 0 Å². The zero-order valence-electron chi connectivity index (χ0n) is 13.0. The quantitative estimate of drug-likeness (QED) is 0.880. The predicted octanol–water partition coefficient (Wildman–Crippen LogP) is 2.73. The van der Waals surface area contributed by atoms with Crippen molar-refractivity contribution in [1.82, 2.24) is 4.90 Å². The normalized spacial score (nSPS) is 22.3. The minimum Gasteiger partial charge on any atom is -0.337 e. The van der Waals surface area contributed by atoms with E-state index in [2.05, 4.69) is 5.32 Å². The van der Waals surface area contributed by atoms with Crippen molar-refractivity contribution in [3.63, 3.8) is 0 Å². The summed E-state index contributed by atoms with van der Waals surface area (Å²) in [5.74, 6) is 0.0111. The number of hydrogen-bond donors (Lipinski definition) is 1. The lowest BCUT2D eigenvalue weighted by Gasteiger charge is -2.22. The number of para-hydroxylation sites is 1. The van der Waals surface area contributed by atoms with Crippen LogP contribution in [-0.4, -0.2) is 29.8 Å². The monoisotopic (exact) mass is 306 g/mol. The molecule has 0 radical (unpaired) electrons. The molecule has 2 heterocycles. The Hall–Kier alpha value is -2.62. The Labute approximate surface area is 135 Å². The number of nitrogens with zero attached hydrogens (tertiary/aromatic N) is 1. The Morgan fingerprint density at radius 1 is 1.13 bits per heavy atom. The summed E-state index contributed by atoms with van der Waals surface area (Å²) >= 11 is 0. The molecule has 4 rings (SSSR count). The molecule has 2 amide bonds. The van der Waals surface area contributed by atoms with Crippen LogP contribution >= 0.6 is 0 Å². The Morgan fingerprint density at radius 3 is 2.65 bits per heavy atom. The average Bonchev–Trinajstić information content (AvgIpc) is 3.12. The molecule has 116 valence electrons. The number of anilines is 1. The van der Waals surface area contributed by atoms with Crippen molar-refractivity contribution in [2.45, 2.75) is 18.8 Å². The van der Waals surface area contributed by atoms with Crippen LogP contribution in [0.3, 0.4) is 0 Å². The second-order valence-electron chi connectivity index (χ2n) is 6.42. The van der Waals surface area contributed by atoms with E-state index in [-0.39, 0.29) is 11.8 Å². The van der Waals surface area contributed by atoms with Crippen molar-refractivity contribution in [2.75, 3.05) is 18.4 Å². The third kappa shape index (κ3) is 2.05. The Bertz CT molecular complexity index is 797. The van der Waals surface area contributed by atoms with E-state index in [4.69, 9.17) is 0 Å². The molecule has 4 heteroatoms. The summed E-state index contributed by atoms with van der Waals surface area (Å²) in [7, 11) is 0. The zero-order valence-corrected chi connectivity index (χ0v) is 13.0. The van der Waals surface area contributed by atoms with E-state index in [1.807, 2.05) is 55.5 Å². The number of likely N-dealkylation sites (tertiary alicyclic amines) is 1. The van der Waals surface area contributed by atoms with Crippen LogP contribution in [0, 0.1) is 6.92 Å². The second-order valence-corrected chi connectivity index (χ2v) is 6.42. The summed E-state index contributed by atoms with van der Waals surface area (Å²) in [5.41, 5.74) is 3.12. The van der Waals surface area contributed by atoms with E-state index in [1.165, 1.54) is 0 Å². The molecular formula is C19H18N2O2. The zero-order chi connectivity index (χ0) is 16.0. The standard InChI is InChI=1S/C19H18N2O2/c1-13-6-8-14(9-7-13)17(22)21-11-10-19(12-21)15-4-2-3-5-16(15)20-18(19)23/h2-9H,10-12H2,1H3,(H,20,23). The van der Waals surface area contributed by atoms with Crippen LogP contribution in [0.25, 0.3) is 0 Å². The largest absolute Gasteiger partial charge is 0.337 e. The fraction of sp³-hybridized carbons (Fsp3) is 0.263. The van der Waals surface area contributed by atoms with Crippen LogP contribution in [-0.2, 0) is 10.2 Å². The number of aryl methyl sites for hydroxylation is 1. The van der Waals surface area contributed by atoms with Gasteiger partial charge < -0.3 is 10.2 Å². The van der Waals surface area contributed by atoms with E-state index < -0.39 is 5.41 Å². The van der Waals surface area contributed by atoms with Crippen LogP contribution in [0.2, 0.25) is 0 Å². The first-order valence-corrected chi connectivity index (χ1v) is 7.87. The number of carbonyl (C=O) groups excluding carboxylic acids is 2. The van der Waals surface area contributed by atoms with E-state index in [9.17, 15) is 9.59 Å². The first-order valence-electron chi connectivity index (χ1n) is 7.87. The van der Waals surface area contributed by atoms with Crippen molar-refractivity contribution in [2.24, 2.45) is 0 Å². The van der Waals surface area contributed by atoms with E-state index in [0.717, 1.165) is 16.8 Å². The number of amides is 2. The number of fused-ring (bicyclic) bond motifs is 2. The number of hydrogen-bond acceptors (Lipinski definition) is 2. The lowest BCUT2D eigenvalue weighted by atomic mass is 9.81. The van der Waals surface area contributed by atoms with Gasteiger partial charge in [0, 0.05) is 24.3 Å². The fourth-order valence-electron chi connectivity index (χ4n) is 3.64. The molecule has 2 aliphatic heterocycles. The smallest absolute Gasteiger partial charge is 0.253 e. The summed E-state index contributed by atoms with van der Waals surface area (Å²) in [6, 6.07) is 15.4. The lowest BCUT2D eigenvalue weighted by molar-refractivity contribution is -0.120. The highest BCUT2D eigenvalue weighted by molar-refractivity contribution is 6.07. The van der Waals surface area contributed by atoms with Gasteiger partial charge in [0.1, 0.15) is 0 Å². The molecule has 1 spiro atoms. The van der Waals surface area contributed by atoms with Gasteiger partial charge in [-0.25, -0.2) is 0 Å². The van der Waals surface area contributed by atoms with Crippen LogP contribution in [0.15, 0.2) is 48.5 Å². The van der Waals surface area contributed by atoms with Crippen molar-refractivity contribution >= 4 is 17.5 Å². The van der Waals surface area contributed by atoms with Gasteiger partial charge in [0.15, 0.2) is 0 Å². The van der Waals surface area contributed by atoms with Gasteiger partial charge in [0.05, 0.1) is 5.41 Å². The third-order valence-electron chi connectivity index (χ3n) is 4.98. The minimum atomic E-state index is -0.586. The topological polar surface area (TPSA) is 49.4 Å². The average molecular weight is 306 g/mol. The van der Waals surface area contributed by atoms with Gasteiger partial charge in [-0.3, -0.25) is 9.59 Å². The van der Waals surface area contributed by atoms with Crippen molar-refractivity contribution in [1.29, 1.82) is 0 Å². The van der Waals surface area contributed by atoms with Crippen LogP contribution in [0.1, 0.15) is 27.9 Å². The minimum absolute atomic E-state index is 0.000874. The molecule has 2 aromatic rings. The van der Waals surface area contributed by atoms with Crippen molar-refractivity contribution < 1.29 is 9.59 Å². The molecule has 1 N–H and O–H groups in total. The van der Waals surface area contributed by atoms with E-state index >= 15 is 0 Å².